The molecule has 1 aromatic heterocycles. The van der Waals surface area contributed by atoms with Gasteiger partial charge in [0, 0.05) is 23.5 Å². The first-order chi connectivity index (χ1) is 8.72. The van der Waals surface area contributed by atoms with E-state index in [2.05, 4.69) is 10.3 Å². The van der Waals surface area contributed by atoms with Crippen LogP contribution in [0.2, 0.25) is 0 Å². The zero-order valence-corrected chi connectivity index (χ0v) is 10.2. The van der Waals surface area contributed by atoms with Crippen LogP contribution in [0.5, 0.6) is 0 Å². The highest BCUT2D eigenvalue weighted by atomic mass is 16.4. The first-order valence-electron chi connectivity index (χ1n) is 5.87. The summed E-state index contributed by atoms with van der Waals surface area (Å²) >= 11 is 0. The standard InChI is InChI=1S/C14H16N2O2/c1-2-7-15-13(14(17)18)8-10-9-16-12-6-4-3-5-11(10)12/h2-7,9,13,15-16H,8H2,1H3,(H,17,18)/t13-/m0/s1. The normalized spacial score (nSPS) is 12.9. The van der Waals surface area contributed by atoms with Crippen LogP contribution >= 0.6 is 0 Å². The number of allylic oxidation sites excluding steroid dienone is 1. The van der Waals surface area contributed by atoms with Crippen LogP contribution < -0.4 is 5.32 Å². The number of aromatic amines is 1. The lowest BCUT2D eigenvalue weighted by atomic mass is 10.1. The number of rotatable bonds is 5. The number of benzene rings is 1. The van der Waals surface area contributed by atoms with Gasteiger partial charge in [0.15, 0.2) is 0 Å². The van der Waals surface area contributed by atoms with E-state index in [4.69, 9.17) is 5.11 Å². The molecule has 0 saturated carbocycles. The van der Waals surface area contributed by atoms with Crippen molar-refractivity contribution >= 4 is 16.9 Å². The number of hydrogen-bond donors (Lipinski definition) is 3. The lowest BCUT2D eigenvalue weighted by Crippen LogP contribution is -2.35. The Morgan fingerprint density at radius 3 is 3.00 bits per heavy atom. The second-order valence-electron chi connectivity index (χ2n) is 4.12. The lowest BCUT2D eigenvalue weighted by Gasteiger charge is -2.11. The molecule has 0 amide bonds. The van der Waals surface area contributed by atoms with Crippen molar-refractivity contribution in [1.29, 1.82) is 0 Å². The van der Waals surface area contributed by atoms with Gasteiger partial charge in [0.25, 0.3) is 0 Å². The van der Waals surface area contributed by atoms with Gasteiger partial charge in [-0.2, -0.15) is 0 Å². The van der Waals surface area contributed by atoms with Crippen molar-refractivity contribution in [3.63, 3.8) is 0 Å². The molecule has 0 saturated heterocycles. The van der Waals surface area contributed by atoms with Crippen molar-refractivity contribution in [3.05, 3.63) is 48.3 Å². The summed E-state index contributed by atoms with van der Waals surface area (Å²) in [5.74, 6) is -0.849. The summed E-state index contributed by atoms with van der Waals surface area (Å²) in [7, 11) is 0. The average molecular weight is 244 g/mol. The fourth-order valence-electron chi connectivity index (χ4n) is 1.95. The molecule has 0 spiro atoms. The molecule has 2 aromatic rings. The molecule has 0 fully saturated rings. The summed E-state index contributed by atoms with van der Waals surface area (Å²) in [6.45, 7) is 1.84. The highest BCUT2D eigenvalue weighted by molar-refractivity contribution is 5.84. The number of carboxylic acids is 1. The maximum atomic E-state index is 11.2. The molecule has 2 rings (SSSR count). The van der Waals surface area contributed by atoms with E-state index in [1.54, 1.807) is 12.3 Å². The number of fused-ring (bicyclic) bond motifs is 1. The molecule has 0 aliphatic rings. The Morgan fingerprint density at radius 2 is 2.28 bits per heavy atom. The molecule has 3 N–H and O–H groups in total. The SMILES string of the molecule is CC=CN[C@@H](Cc1c[nH]c2ccccc12)C(=O)O. The minimum Gasteiger partial charge on any atom is -0.480 e. The van der Waals surface area contributed by atoms with Crippen molar-refractivity contribution < 1.29 is 9.90 Å². The van der Waals surface area contributed by atoms with Crippen molar-refractivity contribution in [3.8, 4) is 0 Å². The van der Waals surface area contributed by atoms with Gasteiger partial charge in [-0.15, -0.1) is 0 Å². The molecule has 1 aromatic carbocycles. The van der Waals surface area contributed by atoms with Crippen LogP contribution in [0.1, 0.15) is 12.5 Å². The molecule has 4 nitrogen and oxygen atoms in total. The van der Waals surface area contributed by atoms with Crippen molar-refractivity contribution in [2.75, 3.05) is 0 Å². The van der Waals surface area contributed by atoms with Gasteiger partial charge in [0.05, 0.1) is 0 Å². The molecule has 0 aliphatic heterocycles. The molecule has 4 heteroatoms. The number of carbonyl (C=O) groups is 1. The molecule has 18 heavy (non-hydrogen) atoms. The molecule has 94 valence electrons. The Kier molecular flexibility index (Phi) is 3.67. The highest BCUT2D eigenvalue weighted by Gasteiger charge is 2.17. The number of carboxylic acid groups (broad SMARTS) is 1. The van der Waals surface area contributed by atoms with Gasteiger partial charge >= 0.3 is 5.97 Å². The van der Waals surface area contributed by atoms with Crippen LogP contribution in [-0.4, -0.2) is 22.1 Å². The summed E-state index contributed by atoms with van der Waals surface area (Å²) in [6, 6.07) is 7.27. The van der Waals surface area contributed by atoms with Crippen LogP contribution in [0.25, 0.3) is 10.9 Å². The predicted octanol–water partition coefficient (Wildman–Crippen LogP) is 2.29. The first-order valence-corrected chi connectivity index (χ1v) is 5.87. The van der Waals surface area contributed by atoms with Crippen LogP contribution in [-0.2, 0) is 11.2 Å². The van der Waals surface area contributed by atoms with Gasteiger partial charge in [-0.3, -0.25) is 0 Å². The van der Waals surface area contributed by atoms with Gasteiger partial charge in [-0.05, 0) is 24.8 Å². The molecule has 0 aliphatic carbocycles. The molecule has 0 bridgehead atoms. The average Bonchev–Trinajstić information content (AvgIpc) is 2.77. The predicted molar refractivity (Wildman–Crippen MR) is 71.4 cm³/mol. The lowest BCUT2D eigenvalue weighted by molar-refractivity contribution is -0.139. The minimum absolute atomic E-state index is 0.448. The van der Waals surface area contributed by atoms with Crippen molar-refractivity contribution in [2.24, 2.45) is 0 Å². The van der Waals surface area contributed by atoms with Crippen molar-refractivity contribution in [1.82, 2.24) is 10.3 Å². The zero-order valence-electron chi connectivity index (χ0n) is 10.2. The Labute approximate surface area is 105 Å². The Morgan fingerprint density at radius 1 is 1.50 bits per heavy atom. The number of nitrogens with one attached hydrogen (secondary N) is 2. The van der Waals surface area contributed by atoms with Crippen LogP contribution in [0.15, 0.2) is 42.7 Å². The second kappa shape index (κ2) is 5.40. The minimum atomic E-state index is -0.849. The van der Waals surface area contributed by atoms with E-state index in [0.717, 1.165) is 16.5 Å². The summed E-state index contributed by atoms with van der Waals surface area (Å²) < 4.78 is 0. The Balaban J connectivity index is 2.23. The van der Waals surface area contributed by atoms with Crippen molar-refractivity contribution in [2.45, 2.75) is 19.4 Å². The molecular formula is C14H16N2O2. The summed E-state index contributed by atoms with van der Waals surface area (Å²) in [4.78, 5) is 14.3. The molecule has 1 atom stereocenters. The van der Waals surface area contributed by atoms with E-state index < -0.39 is 12.0 Å². The maximum absolute atomic E-state index is 11.2. The largest absolute Gasteiger partial charge is 0.480 e. The van der Waals surface area contributed by atoms with Crippen LogP contribution in [0, 0.1) is 0 Å². The molecule has 1 heterocycles. The number of para-hydroxylation sites is 1. The van der Waals surface area contributed by atoms with Gasteiger partial charge in [0.1, 0.15) is 6.04 Å². The second-order valence-corrected chi connectivity index (χ2v) is 4.12. The quantitative estimate of drug-likeness (QED) is 0.756. The fraction of sp³-hybridized carbons (Fsp3) is 0.214. The van der Waals surface area contributed by atoms with Gasteiger partial charge in [0.2, 0.25) is 0 Å². The highest BCUT2D eigenvalue weighted by Crippen LogP contribution is 2.19. The molecular weight excluding hydrogens is 228 g/mol. The number of H-pyrrole nitrogens is 1. The zero-order chi connectivity index (χ0) is 13.0. The smallest absolute Gasteiger partial charge is 0.326 e. The Bertz CT molecular complexity index is 572. The van der Waals surface area contributed by atoms with Gasteiger partial charge in [-0.25, -0.2) is 4.79 Å². The van der Waals surface area contributed by atoms with Crippen LogP contribution in [0.3, 0.4) is 0 Å². The van der Waals surface area contributed by atoms with Gasteiger partial charge in [-0.1, -0.05) is 24.3 Å². The van der Waals surface area contributed by atoms with E-state index in [1.165, 1.54) is 0 Å². The van der Waals surface area contributed by atoms with E-state index in [1.807, 2.05) is 37.4 Å². The topological polar surface area (TPSA) is 65.1 Å². The summed E-state index contributed by atoms with van der Waals surface area (Å²) in [5, 5.41) is 13.1. The van der Waals surface area contributed by atoms with E-state index in [9.17, 15) is 4.79 Å². The van der Waals surface area contributed by atoms with E-state index >= 15 is 0 Å². The van der Waals surface area contributed by atoms with E-state index in [-0.39, 0.29) is 0 Å². The summed E-state index contributed by atoms with van der Waals surface area (Å²) in [5.41, 5.74) is 2.04. The first kappa shape index (κ1) is 12.2. The summed E-state index contributed by atoms with van der Waals surface area (Å²) in [6.07, 6.45) is 5.76. The third-order valence-electron chi connectivity index (χ3n) is 2.86. The van der Waals surface area contributed by atoms with Crippen LogP contribution in [0.4, 0.5) is 0 Å². The molecule has 0 radical (unpaired) electrons. The van der Waals surface area contributed by atoms with Gasteiger partial charge < -0.3 is 15.4 Å². The number of aromatic nitrogens is 1. The molecule has 0 unspecified atom stereocenters. The third kappa shape index (κ3) is 2.53. The number of aliphatic carboxylic acids is 1. The fourth-order valence-corrected chi connectivity index (χ4v) is 1.95. The number of hydrogen-bond acceptors (Lipinski definition) is 2. The Hall–Kier alpha value is -2.23. The monoisotopic (exact) mass is 244 g/mol. The van der Waals surface area contributed by atoms with E-state index in [0.29, 0.717) is 6.42 Å². The maximum Gasteiger partial charge on any atom is 0.326 e. The third-order valence-corrected chi connectivity index (χ3v) is 2.86.